The van der Waals surface area contributed by atoms with Crippen LogP contribution in [0.5, 0.6) is 0 Å². The van der Waals surface area contributed by atoms with Crippen LogP contribution >= 0.6 is 22.6 Å². The minimum absolute atomic E-state index is 0.268. The van der Waals surface area contributed by atoms with Crippen molar-refractivity contribution in [3.8, 4) is 0 Å². The van der Waals surface area contributed by atoms with Crippen LogP contribution in [0, 0.1) is 3.57 Å². The van der Waals surface area contributed by atoms with Crippen molar-refractivity contribution in [3.05, 3.63) is 27.7 Å². The molecule has 0 saturated carbocycles. The van der Waals surface area contributed by atoms with Gasteiger partial charge in [0.15, 0.2) is 5.82 Å². The molecule has 0 aliphatic heterocycles. The summed E-state index contributed by atoms with van der Waals surface area (Å²) >= 11 is 2.21. The molecule has 0 amide bonds. The predicted molar refractivity (Wildman–Crippen MR) is 62.4 cm³/mol. The van der Waals surface area contributed by atoms with Crippen molar-refractivity contribution in [2.75, 3.05) is 0 Å². The summed E-state index contributed by atoms with van der Waals surface area (Å²) in [5, 5.41) is 8.05. The second kappa shape index (κ2) is 4.30. The summed E-state index contributed by atoms with van der Waals surface area (Å²) in [7, 11) is 0. The minimum Gasteiger partial charge on any atom is -0.339 e. The zero-order valence-corrected chi connectivity index (χ0v) is 10.7. The fourth-order valence-corrected chi connectivity index (χ4v) is 1.58. The number of aromatic nitrogens is 4. The van der Waals surface area contributed by atoms with Crippen molar-refractivity contribution in [2.24, 2.45) is 0 Å². The Bertz CT molecular complexity index is 448. The highest BCUT2D eigenvalue weighted by Crippen LogP contribution is 2.11. The molecular weight excluding hydrogens is 307 g/mol. The van der Waals surface area contributed by atoms with E-state index in [-0.39, 0.29) is 5.92 Å². The summed E-state index contributed by atoms with van der Waals surface area (Å²) in [6.45, 7) is 4.60. The van der Waals surface area contributed by atoms with E-state index in [4.69, 9.17) is 4.52 Å². The Morgan fingerprint density at radius 2 is 2.33 bits per heavy atom. The predicted octanol–water partition coefficient (Wildman–Crippen LogP) is 2.04. The molecule has 0 aliphatic rings. The van der Waals surface area contributed by atoms with Crippen molar-refractivity contribution in [2.45, 2.75) is 26.3 Å². The van der Waals surface area contributed by atoms with Crippen molar-refractivity contribution < 1.29 is 4.52 Å². The van der Waals surface area contributed by atoms with Crippen LogP contribution in [-0.4, -0.2) is 19.9 Å². The maximum Gasteiger partial charge on any atom is 0.229 e. The second-order valence-corrected chi connectivity index (χ2v) is 4.81. The molecule has 0 N–H and O–H groups in total. The molecule has 0 radical (unpaired) electrons. The normalized spacial score (nSPS) is 11.2. The first-order valence-corrected chi connectivity index (χ1v) is 5.73. The van der Waals surface area contributed by atoms with Gasteiger partial charge in [0.05, 0.1) is 9.77 Å². The van der Waals surface area contributed by atoms with Gasteiger partial charge in [0.25, 0.3) is 0 Å². The van der Waals surface area contributed by atoms with Crippen LogP contribution in [-0.2, 0) is 6.54 Å². The molecule has 0 aliphatic carbocycles. The Hall–Kier alpha value is -0.920. The number of rotatable bonds is 3. The first-order chi connectivity index (χ1) is 7.15. The van der Waals surface area contributed by atoms with Crippen molar-refractivity contribution in [1.82, 2.24) is 19.9 Å². The van der Waals surface area contributed by atoms with E-state index in [1.165, 1.54) is 0 Å². The average Bonchev–Trinajstić information content (AvgIpc) is 2.76. The van der Waals surface area contributed by atoms with Crippen LogP contribution in [0.3, 0.4) is 0 Å². The highest BCUT2D eigenvalue weighted by molar-refractivity contribution is 14.1. The molecule has 2 aromatic heterocycles. The van der Waals surface area contributed by atoms with Gasteiger partial charge in [0.1, 0.15) is 6.54 Å². The lowest BCUT2D eigenvalue weighted by atomic mass is 10.2. The Morgan fingerprint density at radius 1 is 1.53 bits per heavy atom. The van der Waals surface area contributed by atoms with Crippen LogP contribution in [0.2, 0.25) is 0 Å². The molecule has 15 heavy (non-hydrogen) atoms. The lowest BCUT2D eigenvalue weighted by molar-refractivity contribution is 0.359. The molecule has 80 valence electrons. The summed E-state index contributed by atoms with van der Waals surface area (Å²) in [5.41, 5.74) is 0. The standard InChI is InChI=1S/C9H11IN4O/c1-6(2)9-12-8(13-15-9)5-14-4-7(10)3-11-14/h3-4,6H,5H2,1-2H3. The van der Waals surface area contributed by atoms with Gasteiger partial charge < -0.3 is 4.52 Å². The molecule has 6 heteroatoms. The van der Waals surface area contributed by atoms with Crippen LogP contribution in [0.15, 0.2) is 16.9 Å². The molecule has 0 fully saturated rings. The molecule has 2 rings (SSSR count). The van der Waals surface area contributed by atoms with E-state index in [1.54, 1.807) is 10.9 Å². The summed E-state index contributed by atoms with van der Waals surface area (Å²) < 4.78 is 7.99. The Kier molecular flexibility index (Phi) is 3.03. The summed E-state index contributed by atoms with van der Waals surface area (Å²) in [4.78, 5) is 4.27. The van der Waals surface area contributed by atoms with Gasteiger partial charge in [0, 0.05) is 12.1 Å². The number of nitrogens with zero attached hydrogens (tertiary/aromatic N) is 4. The van der Waals surface area contributed by atoms with E-state index < -0.39 is 0 Å². The van der Waals surface area contributed by atoms with Crippen molar-refractivity contribution in [3.63, 3.8) is 0 Å². The first-order valence-electron chi connectivity index (χ1n) is 4.65. The van der Waals surface area contributed by atoms with Gasteiger partial charge in [-0.2, -0.15) is 10.1 Å². The van der Waals surface area contributed by atoms with E-state index in [2.05, 4.69) is 37.8 Å². The molecule has 0 atom stereocenters. The van der Waals surface area contributed by atoms with E-state index in [1.807, 2.05) is 20.0 Å². The lowest BCUT2D eigenvalue weighted by Crippen LogP contribution is -2.01. The van der Waals surface area contributed by atoms with Gasteiger partial charge >= 0.3 is 0 Å². The largest absolute Gasteiger partial charge is 0.339 e. The van der Waals surface area contributed by atoms with Crippen LogP contribution in [0.25, 0.3) is 0 Å². The molecule has 0 aromatic carbocycles. The third-order valence-corrected chi connectivity index (χ3v) is 2.44. The zero-order valence-electron chi connectivity index (χ0n) is 8.51. The maximum absolute atomic E-state index is 5.10. The smallest absolute Gasteiger partial charge is 0.229 e. The molecule has 0 unspecified atom stereocenters. The fraction of sp³-hybridized carbons (Fsp3) is 0.444. The SMILES string of the molecule is CC(C)c1nc(Cn2cc(I)cn2)no1. The fourth-order valence-electron chi connectivity index (χ4n) is 1.14. The summed E-state index contributed by atoms with van der Waals surface area (Å²) in [6, 6.07) is 0. The number of halogens is 1. The second-order valence-electron chi connectivity index (χ2n) is 3.56. The molecular formula is C9H11IN4O. The third kappa shape index (κ3) is 2.55. The van der Waals surface area contributed by atoms with E-state index in [0.717, 1.165) is 3.57 Å². The Morgan fingerprint density at radius 3 is 2.87 bits per heavy atom. The number of hydrogen-bond acceptors (Lipinski definition) is 4. The minimum atomic E-state index is 0.268. The van der Waals surface area contributed by atoms with Crippen LogP contribution < -0.4 is 0 Å². The molecule has 5 nitrogen and oxygen atoms in total. The molecule has 0 bridgehead atoms. The van der Waals surface area contributed by atoms with Crippen molar-refractivity contribution >= 4 is 22.6 Å². The quantitative estimate of drug-likeness (QED) is 0.813. The molecule has 2 aromatic rings. The molecule has 0 saturated heterocycles. The monoisotopic (exact) mass is 318 g/mol. The highest BCUT2D eigenvalue weighted by atomic mass is 127. The molecule has 2 heterocycles. The zero-order chi connectivity index (χ0) is 10.8. The van der Waals surface area contributed by atoms with Gasteiger partial charge in [0.2, 0.25) is 5.89 Å². The van der Waals surface area contributed by atoms with Gasteiger partial charge in [-0.3, -0.25) is 4.68 Å². The summed E-state index contributed by atoms with van der Waals surface area (Å²) in [6.07, 6.45) is 3.73. The van der Waals surface area contributed by atoms with Crippen LogP contribution in [0.4, 0.5) is 0 Å². The molecule has 0 spiro atoms. The third-order valence-electron chi connectivity index (χ3n) is 1.88. The van der Waals surface area contributed by atoms with Gasteiger partial charge in [-0.05, 0) is 22.6 Å². The van der Waals surface area contributed by atoms with Gasteiger partial charge in [-0.1, -0.05) is 19.0 Å². The summed E-state index contributed by atoms with van der Waals surface area (Å²) in [5.74, 6) is 1.61. The van der Waals surface area contributed by atoms with E-state index in [0.29, 0.717) is 18.3 Å². The Labute approximate surface area is 101 Å². The van der Waals surface area contributed by atoms with E-state index >= 15 is 0 Å². The van der Waals surface area contributed by atoms with E-state index in [9.17, 15) is 0 Å². The Balaban J connectivity index is 2.11. The van der Waals surface area contributed by atoms with Crippen molar-refractivity contribution in [1.29, 1.82) is 0 Å². The van der Waals surface area contributed by atoms with Crippen LogP contribution in [0.1, 0.15) is 31.5 Å². The highest BCUT2D eigenvalue weighted by Gasteiger charge is 2.10. The topological polar surface area (TPSA) is 56.7 Å². The average molecular weight is 318 g/mol. The first kappa shape index (κ1) is 10.6. The lowest BCUT2D eigenvalue weighted by Gasteiger charge is -1.94. The van der Waals surface area contributed by atoms with Gasteiger partial charge in [-0.25, -0.2) is 0 Å². The maximum atomic E-state index is 5.10. The van der Waals surface area contributed by atoms with Gasteiger partial charge in [-0.15, -0.1) is 0 Å². The number of hydrogen-bond donors (Lipinski definition) is 0.